The molecule has 0 bridgehead atoms. The number of carbonyl (C=O) groups excluding carboxylic acids is 2. The SMILES string of the molecule is CCOc1ccc(/C(O)=C2/C(=O)C(=O)N(CCOC)C2c2ccc(OCC(C)C)cc2)cc1C(C)(C)C. The van der Waals surface area contributed by atoms with Crippen molar-refractivity contribution in [2.45, 2.75) is 53.0 Å². The molecule has 0 saturated carbocycles. The van der Waals surface area contributed by atoms with E-state index in [0.717, 1.165) is 11.3 Å². The number of benzene rings is 2. The van der Waals surface area contributed by atoms with Crippen molar-refractivity contribution >= 4 is 17.4 Å². The molecule has 3 rings (SSSR count). The summed E-state index contributed by atoms with van der Waals surface area (Å²) in [5.41, 5.74) is 1.85. The van der Waals surface area contributed by atoms with E-state index in [9.17, 15) is 14.7 Å². The van der Waals surface area contributed by atoms with Crippen molar-refractivity contribution in [1.82, 2.24) is 4.90 Å². The van der Waals surface area contributed by atoms with E-state index < -0.39 is 17.7 Å². The highest BCUT2D eigenvalue weighted by Crippen LogP contribution is 2.41. The lowest BCUT2D eigenvalue weighted by Gasteiger charge is -2.26. The van der Waals surface area contributed by atoms with Gasteiger partial charge in [-0.2, -0.15) is 0 Å². The van der Waals surface area contributed by atoms with Crippen LogP contribution in [0.3, 0.4) is 0 Å². The number of rotatable bonds is 10. The summed E-state index contributed by atoms with van der Waals surface area (Å²) in [6, 6.07) is 11.9. The van der Waals surface area contributed by atoms with E-state index in [4.69, 9.17) is 14.2 Å². The van der Waals surface area contributed by atoms with Crippen LogP contribution in [0.4, 0.5) is 0 Å². The third-order valence-electron chi connectivity index (χ3n) is 6.22. The monoisotopic (exact) mass is 509 g/mol. The first kappa shape index (κ1) is 28.3. The smallest absolute Gasteiger partial charge is 0.295 e. The minimum atomic E-state index is -0.751. The highest BCUT2D eigenvalue weighted by atomic mass is 16.5. The van der Waals surface area contributed by atoms with Gasteiger partial charge in [-0.3, -0.25) is 9.59 Å². The van der Waals surface area contributed by atoms with Crippen molar-refractivity contribution in [2.24, 2.45) is 5.92 Å². The first-order chi connectivity index (χ1) is 17.5. The number of amides is 1. The number of Topliss-reactive ketones (excluding diaryl/α,β-unsaturated/α-hetero) is 1. The Balaban J connectivity index is 2.12. The predicted molar refractivity (Wildman–Crippen MR) is 144 cm³/mol. The Labute approximate surface area is 220 Å². The van der Waals surface area contributed by atoms with E-state index >= 15 is 0 Å². The number of carbonyl (C=O) groups is 2. The van der Waals surface area contributed by atoms with Gasteiger partial charge in [-0.1, -0.05) is 46.8 Å². The minimum absolute atomic E-state index is 0.0565. The molecule has 0 spiro atoms. The summed E-state index contributed by atoms with van der Waals surface area (Å²) in [6.07, 6.45) is 0. The number of methoxy groups -OCH3 is 1. The van der Waals surface area contributed by atoms with Crippen LogP contribution in [0.15, 0.2) is 48.0 Å². The van der Waals surface area contributed by atoms with E-state index in [1.165, 1.54) is 4.90 Å². The fourth-order valence-electron chi connectivity index (χ4n) is 4.36. The maximum absolute atomic E-state index is 13.3. The average molecular weight is 510 g/mol. The van der Waals surface area contributed by atoms with Gasteiger partial charge >= 0.3 is 0 Å². The van der Waals surface area contributed by atoms with Gasteiger partial charge in [-0.05, 0) is 54.2 Å². The Kier molecular flexibility index (Phi) is 9.02. The number of nitrogens with zero attached hydrogens (tertiary/aromatic N) is 1. The zero-order valence-electron chi connectivity index (χ0n) is 23.0. The van der Waals surface area contributed by atoms with Gasteiger partial charge < -0.3 is 24.2 Å². The summed E-state index contributed by atoms with van der Waals surface area (Å²) in [4.78, 5) is 27.8. The van der Waals surface area contributed by atoms with Crippen molar-refractivity contribution in [3.8, 4) is 11.5 Å². The molecule has 2 aromatic carbocycles. The summed E-state index contributed by atoms with van der Waals surface area (Å²) in [5.74, 6) is 0.216. The van der Waals surface area contributed by atoms with Gasteiger partial charge in [0, 0.05) is 24.8 Å². The molecule has 1 fully saturated rings. The number of likely N-dealkylation sites (tertiary alicyclic amines) is 1. The lowest BCUT2D eigenvalue weighted by Crippen LogP contribution is -2.32. The molecule has 1 heterocycles. The Morgan fingerprint density at radius 1 is 1.05 bits per heavy atom. The van der Waals surface area contributed by atoms with Crippen LogP contribution in [0.25, 0.3) is 5.76 Å². The largest absolute Gasteiger partial charge is 0.507 e. The summed E-state index contributed by atoms with van der Waals surface area (Å²) in [5, 5.41) is 11.5. The lowest BCUT2D eigenvalue weighted by atomic mass is 9.84. The highest BCUT2D eigenvalue weighted by molar-refractivity contribution is 6.46. The van der Waals surface area contributed by atoms with Crippen LogP contribution < -0.4 is 9.47 Å². The maximum atomic E-state index is 13.3. The van der Waals surface area contributed by atoms with Gasteiger partial charge in [-0.15, -0.1) is 0 Å². The average Bonchev–Trinajstić information content (AvgIpc) is 3.10. The first-order valence-corrected chi connectivity index (χ1v) is 12.8. The van der Waals surface area contributed by atoms with Gasteiger partial charge in [-0.25, -0.2) is 0 Å². The van der Waals surface area contributed by atoms with Gasteiger partial charge in [0.15, 0.2) is 0 Å². The molecule has 1 N–H and O–H groups in total. The van der Waals surface area contributed by atoms with Gasteiger partial charge in [0.05, 0.1) is 31.4 Å². The first-order valence-electron chi connectivity index (χ1n) is 12.8. The molecule has 0 aromatic heterocycles. The summed E-state index contributed by atoms with van der Waals surface area (Å²) >= 11 is 0. The van der Waals surface area contributed by atoms with Crippen molar-refractivity contribution < 1.29 is 28.9 Å². The molecule has 1 aliphatic rings. The fourth-order valence-corrected chi connectivity index (χ4v) is 4.36. The molecule has 1 aliphatic heterocycles. The normalized spacial score (nSPS) is 17.5. The summed E-state index contributed by atoms with van der Waals surface area (Å²) < 4.78 is 16.8. The zero-order chi connectivity index (χ0) is 27.3. The molecule has 2 aromatic rings. The van der Waals surface area contributed by atoms with Crippen LogP contribution in [0.1, 0.15) is 64.3 Å². The molecule has 0 aliphatic carbocycles. The number of hydrogen-bond acceptors (Lipinski definition) is 6. The maximum Gasteiger partial charge on any atom is 0.295 e. The summed E-state index contributed by atoms with van der Waals surface area (Å²) in [7, 11) is 1.54. The third-order valence-corrected chi connectivity index (χ3v) is 6.22. The molecule has 7 nitrogen and oxygen atoms in total. The molecule has 1 atom stereocenters. The van der Waals surface area contributed by atoms with Crippen molar-refractivity contribution in [3.05, 3.63) is 64.7 Å². The molecule has 37 heavy (non-hydrogen) atoms. The van der Waals surface area contributed by atoms with Crippen molar-refractivity contribution in [3.63, 3.8) is 0 Å². The molecular weight excluding hydrogens is 470 g/mol. The summed E-state index contributed by atoms with van der Waals surface area (Å²) in [6.45, 7) is 13.8. The number of ketones is 1. The van der Waals surface area contributed by atoms with Crippen LogP contribution in [0.2, 0.25) is 0 Å². The standard InChI is InChI=1S/C30H39NO6/c1-8-36-24-14-11-21(17-23(24)30(4,5)6)27(32)25-26(31(15-16-35-7)29(34)28(25)33)20-9-12-22(13-10-20)37-18-19(2)3/h9-14,17,19,26,32H,8,15-16,18H2,1-7H3/b27-25-. The lowest BCUT2D eigenvalue weighted by molar-refractivity contribution is -0.140. The molecular formula is C30H39NO6. The van der Waals surface area contributed by atoms with E-state index in [1.54, 1.807) is 19.2 Å². The zero-order valence-corrected chi connectivity index (χ0v) is 23.0. The van der Waals surface area contributed by atoms with Crippen molar-refractivity contribution in [1.29, 1.82) is 0 Å². The Morgan fingerprint density at radius 3 is 2.30 bits per heavy atom. The van der Waals surface area contributed by atoms with Crippen LogP contribution >= 0.6 is 0 Å². The fraction of sp³-hybridized carbons (Fsp3) is 0.467. The Hall–Kier alpha value is -3.32. The molecule has 200 valence electrons. The minimum Gasteiger partial charge on any atom is -0.507 e. The number of aliphatic hydroxyl groups excluding tert-OH is 1. The molecule has 0 radical (unpaired) electrons. The van der Waals surface area contributed by atoms with Gasteiger partial charge in [0.2, 0.25) is 0 Å². The van der Waals surface area contributed by atoms with Crippen LogP contribution in [-0.4, -0.2) is 55.2 Å². The topological polar surface area (TPSA) is 85.3 Å². The third kappa shape index (κ3) is 6.34. The second-order valence-electron chi connectivity index (χ2n) is 10.7. The second kappa shape index (κ2) is 11.8. The molecule has 7 heteroatoms. The Bertz CT molecular complexity index is 1140. The van der Waals surface area contributed by atoms with E-state index in [2.05, 4.69) is 34.6 Å². The quantitative estimate of drug-likeness (QED) is 0.259. The predicted octanol–water partition coefficient (Wildman–Crippen LogP) is 5.49. The Morgan fingerprint density at radius 2 is 1.73 bits per heavy atom. The van der Waals surface area contributed by atoms with E-state index in [-0.39, 0.29) is 29.9 Å². The number of aliphatic hydroxyl groups is 1. The van der Waals surface area contributed by atoms with Gasteiger partial charge in [0.1, 0.15) is 17.3 Å². The highest BCUT2D eigenvalue weighted by Gasteiger charge is 2.46. The van der Waals surface area contributed by atoms with Gasteiger partial charge in [0.25, 0.3) is 11.7 Å². The molecule has 1 unspecified atom stereocenters. The van der Waals surface area contributed by atoms with Crippen LogP contribution in [-0.2, 0) is 19.7 Å². The number of ether oxygens (including phenoxy) is 3. The number of hydrogen-bond donors (Lipinski definition) is 1. The van der Waals surface area contributed by atoms with Crippen LogP contribution in [0, 0.1) is 5.92 Å². The molecule has 1 amide bonds. The van der Waals surface area contributed by atoms with Crippen LogP contribution in [0.5, 0.6) is 11.5 Å². The van der Waals surface area contributed by atoms with Crippen molar-refractivity contribution in [2.75, 3.05) is 33.5 Å². The second-order valence-corrected chi connectivity index (χ2v) is 10.7. The van der Waals surface area contributed by atoms with E-state index in [1.807, 2.05) is 37.3 Å². The van der Waals surface area contributed by atoms with E-state index in [0.29, 0.717) is 36.0 Å². The molecule has 1 saturated heterocycles.